The molecule has 3 aromatic heterocycles. The maximum atomic E-state index is 5.70. The van der Waals surface area contributed by atoms with Gasteiger partial charge in [0.05, 0.1) is 0 Å². The van der Waals surface area contributed by atoms with Crippen molar-refractivity contribution in [2.75, 3.05) is 30.8 Å². The standard InChI is InChI=1S/2C10H18N4.C8H12ClN3.CH5N.3CH4/c2*1-4-7-9-12-8(5-2)13-10(14-9)11-6-3;1-3-5-7-10-6(4-2)11-8(9)12-7;1-2;;;/h2*4-7H2,1-3H3,(H,11,12,13,14);3-5H2,1-2H3;2H2,1H3;3*1H4. The van der Waals surface area contributed by atoms with Crippen LogP contribution in [0.25, 0.3) is 0 Å². The van der Waals surface area contributed by atoms with Crippen molar-refractivity contribution < 1.29 is 0 Å². The number of anilines is 2. The number of nitrogens with two attached hydrogens (primary N) is 1. The lowest BCUT2D eigenvalue weighted by Crippen LogP contribution is -2.09. The molecule has 0 fully saturated rings. The van der Waals surface area contributed by atoms with Gasteiger partial charge in [-0.1, -0.05) is 63.8 Å². The minimum Gasteiger partial charge on any atom is -0.354 e. The lowest BCUT2D eigenvalue weighted by atomic mass is 10.3. The molecule has 0 aliphatic carbocycles. The average molecular weight is 653 g/mol. The first-order valence-electron chi connectivity index (χ1n) is 15.3. The van der Waals surface area contributed by atoms with Crippen LogP contribution >= 0.6 is 11.6 Å². The predicted molar refractivity (Wildman–Crippen MR) is 193 cm³/mol. The molecular weight excluding hydrogens is 588 g/mol. The second kappa shape index (κ2) is 30.9. The largest absolute Gasteiger partial charge is 0.354 e. The Balaban J connectivity index is -0.000000264. The molecule has 3 rings (SSSR count). The van der Waals surface area contributed by atoms with Crippen LogP contribution in [0.1, 0.15) is 132 Å². The highest BCUT2D eigenvalue weighted by Crippen LogP contribution is 2.06. The van der Waals surface area contributed by atoms with E-state index in [1.54, 1.807) is 0 Å². The minimum absolute atomic E-state index is 0. The molecule has 4 N–H and O–H groups in total. The molecule has 13 heteroatoms. The molecule has 0 bridgehead atoms. The van der Waals surface area contributed by atoms with E-state index in [9.17, 15) is 0 Å². The van der Waals surface area contributed by atoms with E-state index in [2.05, 4.69) is 95.8 Å². The monoisotopic (exact) mass is 653 g/mol. The molecule has 260 valence electrons. The first-order chi connectivity index (χ1) is 20.3. The van der Waals surface area contributed by atoms with Gasteiger partial charge >= 0.3 is 0 Å². The number of aryl methyl sites for hydroxylation is 6. The fourth-order valence-corrected chi connectivity index (χ4v) is 3.52. The third-order valence-electron chi connectivity index (χ3n) is 5.20. The summed E-state index contributed by atoms with van der Waals surface area (Å²) in [5.74, 6) is 6.54. The molecule has 3 heterocycles. The van der Waals surface area contributed by atoms with Gasteiger partial charge in [-0.05, 0) is 51.8 Å². The Bertz CT molecular complexity index is 1010. The maximum absolute atomic E-state index is 5.70. The summed E-state index contributed by atoms with van der Waals surface area (Å²) in [5, 5.41) is 6.55. The van der Waals surface area contributed by atoms with Gasteiger partial charge in [0.2, 0.25) is 17.2 Å². The van der Waals surface area contributed by atoms with E-state index in [1.807, 2.05) is 20.8 Å². The van der Waals surface area contributed by atoms with Gasteiger partial charge in [0, 0.05) is 51.6 Å². The molecule has 0 aromatic carbocycles. The Labute approximate surface area is 280 Å². The summed E-state index contributed by atoms with van der Waals surface area (Å²) in [7, 11) is 1.50. The lowest BCUT2D eigenvalue weighted by Gasteiger charge is -2.05. The molecule has 0 aliphatic rings. The van der Waals surface area contributed by atoms with Crippen LogP contribution in [0.4, 0.5) is 11.9 Å². The van der Waals surface area contributed by atoms with E-state index >= 15 is 0 Å². The zero-order valence-corrected chi connectivity index (χ0v) is 28.0. The molecule has 45 heavy (non-hydrogen) atoms. The summed E-state index contributed by atoms with van der Waals surface area (Å²) in [4.78, 5) is 38.2. The summed E-state index contributed by atoms with van der Waals surface area (Å²) in [5.41, 5.74) is 4.50. The molecule has 0 saturated heterocycles. The molecule has 0 aliphatic heterocycles. The van der Waals surface area contributed by atoms with Gasteiger partial charge in [0.15, 0.2) is 0 Å². The Hall–Kier alpha value is -3.12. The number of hydrogen-bond donors (Lipinski definition) is 3. The molecule has 0 spiro atoms. The second-order valence-electron chi connectivity index (χ2n) is 8.79. The highest BCUT2D eigenvalue weighted by atomic mass is 35.5. The average Bonchev–Trinajstić information content (AvgIpc) is 2.99. The second-order valence-corrected chi connectivity index (χ2v) is 9.13. The molecule has 0 radical (unpaired) electrons. The van der Waals surface area contributed by atoms with Crippen molar-refractivity contribution in [3.05, 3.63) is 40.2 Å². The SMILES string of the molecule is C.C.C.CCCc1nc(CC)nc(NCC)n1.CCCc1nc(CC)nc(NCC)n1.CCCc1nc(Cl)nc(CC)n1.CN. The van der Waals surface area contributed by atoms with Crippen LogP contribution in [-0.2, 0) is 38.5 Å². The third-order valence-corrected chi connectivity index (χ3v) is 5.37. The highest BCUT2D eigenvalue weighted by Gasteiger charge is 2.05. The van der Waals surface area contributed by atoms with Crippen LogP contribution in [0, 0.1) is 0 Å². The summed E-state index contributed by atoms with van der Waals surface area (Å²) in [6.07, 6.45) is 8.41. The van der Waals surface area contributed by atoms with Crippen molar-refractivity contribution in [2.24, 2.45) is 5.73 Å². The van der Waals surface area contributed by atoms with Crippen molar-refractivity contribution in [1.29, 1.82) is 0 Å². The fourth-order valence-electron chi connectivity index (χ4n) is 3.33. The topological polar surface area (TPSA) is 166 Å². The van der Waals surface area contributed by atoms with E-state index in [1.165, 1.54) is 7.05 Å². The zero-order chi connectivity index (χ0) is 31.8. The van der Waals surface area contributed by atoms with Crippen LogP contribution in [0.15, 0.2) is 0 Å². The third kappa shape index (κ3) is 21.3. The molecule has 0 unspecified atom stereocenters. The van der Waals surface area contributed by atoms with Crippen LogP contribution in [0.3, 0.4) is 0 Å². The Morgan fingerprint density at radius 2 is 0.711 bits per heavy atom. The van der Waals surface area contributed by atoms with E-state index in [-0.39, 0.29) is 22.3 Å². The molecule has 0 atom stereocenters. The first kappa shape index (κ1) is 48.8. The minimum atomic E-state index is 0. The number of halogens is 1. The fraction of sp³-hybridized carbons (Fsp3) is 0.719. The van der Waals surface area contributed by atoms with Crippen LogP contribution in [0.5, 0.6) is 0 Å². The Morgan fingerprint density at radius 3 is 1.00 bits per heavy atom. The Kier molecular flexibility index (Phi) is 33.5. The lowest BCUT2D eigenvalue weighted by molar-refractivity contribution is 0.780. The zero-order valence-electron chi connectivity index (χ0n) is 27.3. The van der Waals surface area contributed by atoms with Crippen LogP contribution < -0.4 is 16.4 Å². The number of nitrogens with one attached hydrogen (secondary N) is 2. The van der Waals surface area contributed by atoms with Crippen LogP contribution in [-0.4, -0.2) is 65.0 Å². The van der Waals surface area contributed by atoms with Gasteiger partial charge in [0.1, 0.15) is 34.9 Å². The quantitative estimate of drug-likeness (QED) is 0.171. The van der Waals surface area contributed by atoms with E-state index < -0.39 is 0 Å². The van der Waals surface area contributed by atoms with Gasteiger partial charge in [0.25, 0.3) is 0 Å². The summed E-state index contributed by atoms with van der Waals surface area (Å²) in [6.45, 7) is 18.2. The molecule has 3 aromatic rings. The van der Waals surface area contributed by atoms with Gasteiger partial charge in [-0.25, -0.2) is 24.9 Å². The van der Waals surface area contributed by atoms with E-state index in [0.29, 0.717) is 17.2 Å². The normalized spacial score (nSPS) is 9.22. The van der Waals surface area contributed by atoms with Crippen LogP contribution in [0.2, 0.25) is 5.28 Å². The van der Waals surface area contributed by atoms with Gasteiger partial charge in [-0.15, -0.1) is 0 Å². The molecular formula is C32H65ClN12. The first-order valence-corrected chi connectivity index (χ1v) is 15.7. The van der Waals surface area contributed by atoms with Crippen molar-refractivity contribution in [2.45, 2.75) is 135 Å². The summed E-state index contributed by atoms with van der Waals surface area (Å²) in [6, 6.07) is 0. The van der Waals surface area contributed by atoms with Gasteiger partial charge in [-0.3, -0.25) is 0 Å². The molecule has 0 saturated carbocycles. The van der Waals surface area contributed by atoms with Gasteiger partial charge in [-0.2, -0.15) is 19.9 Å². The maximum Gasteiger partial charge on any atom is 0.226 e. The summed E-state index contributed by atoms with van der Waals surface area (Å²) >= 11 is 5.70. The number of aromatic nitrogens is 9. The van der Waals surface area contributed by atoms with Crippen molar-refractivity contribution in [3.63, 3.8) is 0 Å². The van der Waals surface area contributed by atoms with Crippen molar-refractivity contribution >= 4 is 23.5 Å². The van der Waals surface area contributed by atoms with Crippen molar-refractivity contribution in [1.82, 2.24) is 44.9 Å². The van der Waals surface area contributed by atoms with E-state index in [4.69, 9.17) is 11.6 Å². The smallest absolute Gasteiger partial charge is 0.226 e. The Morgan fingerprint density at radius 1 is 0.444 bits per heavy atom. The van der Waals surface area contributed by atoms with E-state index in [0.717, 1.165) is 106 Å². The molecule has 12 nitrogen and oxygen atoms in total. The number of hydrogen-bond acceptors (Lipinski definition) is 12. The van der Waals surface area contributed by atoms with Crippen molar-refractivity contribution in [3.8, 4) is 0 Å². The highest BCUT2D eigenvalue weighted by molar-refractivity contribution is 6.28. The summed E-state index contributed by atoms with van der Waals surface area (Å²) < 4.78 is 0. The number of nitrogens with zero attached hydrogens (tertiary/aromatic N) is 9. The van der Waals surface area contributed by atoms with Gasteiger partial charge < -0.3 is 16.4 Å². The molecule has 0 amide bonds. The predicted octanol–water partition coefficient (Wildman–Crippen LogP) is 7.16. The number of rotatable bonds is 13.